The molecule has 3 rings (SSSR count). The van der Waals surface area contributed by atoms with Gasteiger partial charge < -0.3 is 19.9 Å². The first-order chi connectivity index (χ1) is 12.9. The van der Waals surface area contributed by atoms with Crippen LogP contribution < -0.4 is 15.0 Å². The summed E-state index contributed by atoms with van der Waals surface area (Å²) < 4.78 is 5.66. The topological polar surface area (TPSA) is 44.8 Å². The molecule has 5 nitrogen and oxygen atoms in total. The highest BCUT2D eigenvalue weighted by Crippen LogP contribution is 2.25. The zero-order valence-electron chi connectivity index (χ0n) is 16.1. The fraction of sp³-hybridized carbons (Fsp3) is 0.381. The first-order valence-corrected chi connectivity index (χ1v) is 9.56. The number of anilines is 1. The fourth-order valence-corrected chi connectivity index (χ4v) is 3.38. The molecule has 0 radical (unpaired) electrons. The standard InChI is InChI=1S/C21H26ClN3O2/c1-15-5-4-6-18(11-15)24-7-9-25(10-8-24)21(26)23-14-27-19-12-16(2)20(22)17(3)13-19/h4-6,11-13H,7-10,14H2,1-3H3,(H,23,26). The van der Waals surface area contributed by atoms with Gasteiger partial charge in [0.2, 0.25) is 0 Å². The van der Waals surface area contributed by atoms with E-state index in [1.54, 1.807) is 0 Å². The first kappa shape index (κ1) is 19.4. The van der Waals surface area contributed by atoms with Gasteiger partial charge in [0.1, 0.15) is 5.75 Å². The molecule has 27 heavy (non-hydrogen) atoms. The van der Waals surface area contributed by atoms with Crippen LogP contribution in [0.1, 0.15) is 16.7 Å². The molecule has 0 aromatic heterocycles. The van der Waals surface area contributed by atoms with E-state index in [2.05, 4.69) is 41.4 Å². The second-order valence-corrected chi connectivity index (χ2v) is 7.33. The quantitative estimate of drug-likeness (QED) is 0.802. The summed E-state index contributed by atoms with van der Waals surface area (Å²) in [5.74, 6) is 0.707. The molecule has 0 bridgehead atoms. The lowest BCUT2D eigenvalue weighted by Gasteiger charge is -2.36. The molecule has 1 aliphatic rings. The van der Waals surface area contributed by atoms with Crippen LogP contribution in [0.15, 0.2) is 36.4 Å². The van der Waals surface area contributed by atoms with Gasteiger partial charge in [-0.1, -0.05) is 23.7 Å². The molecule has 144 valence electrons. The Morgan fingerprint density at radius 1 is 1.07 bits per heavy atom. The summed E-state index contributed by atoms with van der Waals surface area (Å²) in [5, 5.41) is 3.58. The molecule has 1 heterocycles. The fourth-order valence-electron chi connectivity index (χ4n) is 3.27. The van der Waals surface area contributed by atoms with Gasteiger partial charge in [0.25, 0.3) is 0 Å². The molecule has 0 spiro atoms. The van der Waals surface area contributed by atoms with Gasteiger partial charge in [-0.2, -0.15) is 0 Å². The van der Waals surface area contributed by atoms with Gasteiger partial charge in [0.05, 0.1) is 0 Å². The zero-order chi connectivity index (χ0) is 19.4. The third kappa shape index (κ3) is 4.86. The van der Waals surface area contributed by atoms with Crippen LogP contribution in [0.3, 0.4) is 0 Å². The third-order valence-corrected chi connectivity index (χ3v) is 5.40. The molecule has 1 saturated heterocycles. The second kappa shape index (κ2) is 8.53. The highest BCUT2D eigenvalue weighted by Gasteiger charge is 2.21. The summed E-state index contributed by atoms with van der Waals surface area (Å²) in [5.41, 5.74) is 4.39. The van der Waals surface area contributed by atoms with E-state index in [0.717, 1.165) is 29.2 Å². The van der Waals surface area contributed by atoms with Crippen molar-refractivity contribution in [2.45, 2.75) is 20.8 Å². The van der Waals surface area contributed by atoms with Crippen LogP contribution in [0.4, 0.5) is 10.5 Å². The Balaban J connectivity index is 1.46. The Labute approximate surface area is 165 Å². The molecule has 2 aromatic carbocycles. The first-order valence-electron chi connectivity index (χ1n) is 9.18. The van der Waals surface area contributed by atoms with Crippen LogP contribution in [-0.2, 0) is 0 Å². The zero-order valence-corrected chi connectivity index (χ0v) is 16.8. The molecule has 1 aliphatic heterocycles. The number of benzene rings is 2. The molecule has 0 atom stereocenters. The van der Waals surface area contributed by atoms with Crippen LogP contribution in [0.25, 0.3) is 0 Å². The van der Waals surface area contributed by atoms with Crippen molar-refractivity contribution in [3.63, 3.8) is 0 Å². The Bertz CT molecular complexity index is 794. The van der Waals surface area contributed by atoms with Crippen molar-refractivity contribution >= 4 is 23.3 Å². The molecule has 1 fully saturated rings. The van der Waals surface area contributed by atoms with E-state index in [-0.39, 0.29) is 12.8 Å². The maximum atomic E-state index is 12.4. The Kier molecular flexibility index (Phi) is 6.11. The van der Waals surface area contributed by atoms with Crippen molar-refractivity contribution in [3.05, 3.63) is 58.1 Å². The molecule has 2 aromatic rings. The Hall–Kier alpha value is -2.40. The van der Waals surface area contributed by atoms with Crippen LogP contribution in [0.5, 0.6) is 5.75 Å². The molecule has 0 aliphatic carbocycles. The van der Waals surface area contributed by atoms with Gasteiger partial charge >= 0.3 is 6.03 Å². The summed E-state index contributed by atoms with van der Waals surface area (Å²) in [4.78, 5) is 16.5. The largest absolute Gasteiger partial charge is 0.473 e. The highest BCUT2D eigenvalue weighted by atomic mass is 35.5. The number of nitrogens with one attached hydrogen (secondary N) is 1. The average molecular weight is 388 g/mol. The summed E-state index contributed by atoms with van der Waals surface area (Å²) in [7, 11) is 0. The molecule has 0 unspecified atom stereocenters. The molecular formula is C21H26ClN3O2. The summed E-state index contributed by atoms with van der Waals surface area (Å²) in [6, 6.07) is 12.1. The number of ether oxygens (including phenoxy) is 1. The van der Waals surface area contributed by atoms with Crippen LogP contribution in [0, 0.1) is 20.8 Å². The van der Waals surface area contributed by atoms with E-state index in [4.69, 9.17) is 16.3 Å². The van der Waals surface area contributed by atoms with Crippen molar-refractivity contribution in [1.29, 1.82) is 0 Å². The molecule has 6 heteroatoms. The summed E-state index contributed by atoms with van der Waals surface area (Å²) in [6.45, 7) is 9.15. The lowest BCUT2D eigenvalue weighted by atomic mass is 10.1. The minimum absolute atomic E-state index is 0.0960. The molecule has 0 saturated carbocycles. The van der Waals surface area contributed by atoms with Gasteiger partial charge in [-0.05, 0) is 61.7 Å². The van der Waals surface area contributed by atoms with Crippen LogP contribution in [-0.4, -0.2) is 43.8 Å². The lowest BCUT2D eigenvalue weighted by Crippen LogP contribution is -2.52. The predicted molar refractivity (Wildman–Crippen MR) is 110 cm³/mol. The van der Waals surface area contributed by atoms with Crippen molar-refractivity contribution < 1.29 is 9.53 Å². The summed E-state index contributed by atoms with van der Waals surface area (Å²) >= 11 is 6.16. The minimum atomic E-state index is -0.0960. The highest BCUT2D eigenvalue weighted by molar-refractivity contribution is 6.32. The van der Waals surface area contributed by atoms with Crippen molar-refractivity contribution in [1.82, 2.24) is 10.2 Å². The maximum absolute atomic E-state index is 12.4. The Morgan fingerprint density at radius 2 is 1.74 bits per heavy atom. The second-order valence-electron chi connectivity index (χ2n) is 6.95. The average Bonchev–Trinajstić information content (AvgIpc) is 2.66. The van der Waals surface area contributed by atoms with Crippen LogP contribution >= 0.6 is 11.6 Å². The lowest BCUT2D eigenvalue weighted by molar-refractivity contribution is 0.181. The smallest absolute Gasteiger partial charge is 0.320 e. The van der Waals surface area contributed by atoms with E-state index in [1.165, 1.54) is 11.3 Å². The van der Waals surface area contributed by atoms with Gasteiger partial charge in [-0.15, -0.1) is 0 Å². The van der Waals surface area contributed by atoms with Gasteiger partial charge in [0.15, 0.2) is 6.73 Å². The van der Waals surface area contributed by atoms with Crippen molar-refractivity contribution in [2.75, 3.05) is 37.8 Å². The maximum Gasteiger partial charge on any atom is 0.320 e. The number of nitrogens with zero attached hydrogens (tertiary/aromatic N) is 2. The molecule has 2 amide bonds. The number of piperazine rings is 1. The number of halogens is 1. The van der Waals surface area contributed by atoms with Crippen molar-refractivity contribution in [3.8, 4) is 5.75 Å². The van der Waals surface area contributed by atoms with E-state index in [0.29, 0.717) is 18.8 Å². The number of amides is 2. The normalized spacial score (nSPS) is 14.2. The van der Waals surface area contributed by atoms with E-state index < -0.39 is 0 Å². The van der Waals surface area contributed by atoms with Gasteiger partial charge in [-0.25, -0.2) is 4.79 Å². The Morgan fingerprint density at radius 3 is 2.37 bits per heavy atom. The number of rotatable bonds is 4. The number of aryl methyl sites for hydroxylation is 3. The number of hydrogen-bond acceptors (Lipinski definition) is 3. The van der Waals surface area contributed by atoms with E-state index in [9.17, 15) is 4.79 Å². The molecular weight excluding hydrogens is 362 g/mol. The summed E-state index contributed by atoms with van der Waals surface area (Å²) in [6.07, 6.45) is 0. The minimum Gasteiger partial charge on any atom is -0.473 e. The third-order valence-electron chi connectivity index (χ3n) is 4.81. The van der Waals surface area contributed by atoms with Crippen molar-refractivity contribution in [2.24, 2.45) is 0 Å². The van der Waals surface area contributed by atoms with E-state index in [1.807, 2.05) is 30.9 Å². The number of carbonyl (C=O) groups is 1. The van der Waals surface area contributed by atoms with Crippen LogP contribution in [0.2, 0.25) is 5.02 Å². The van der Waals surface area contributed by atoms with Gasteiger partial charge in [0, 0.05) is 36.9 Å². The predicted octanol–water partition coefficient (Wildman–Crippen LogP) is 4.13. The SMILES string of the molecule is Cc1cccc(N2CCN(C(=O)NCOc3cc(C)c(Cl)c(C)c3)CC2)c1. The number of hydrogen-bond donors (Lipinski definition) is 1. The monoisotopic (exact) mass is 387 g/mol. The molecule has 1 N–H and O–H groups in total. The van der Waals surface area contributed by atoms with Gasteiger partial charge in [-0.3, -0.25) is 0 Å². The van der Waals surface area contributed by atoms with E-state index >= 15 is 0 Å². The number of carbonyl (C=O) groups excluding carboxylic acids is 1. The number of urea groups is 1.